The molecular weight excluding hydrogens is 397 g/mol. The molecule has 0 atom stereocenters. The van der Waals surface area contributed by atoms with Crippen LogP contribution in [0, 0.1) is 0 Å². The predicted octanol–water partition coefficient (Wildman–Crippen LogP) is 3.56. The van der Waals surface area contributed by atoms with E-state index >= 15 is 0 Å². The molecule has 1 amide bonds. The van der Waals surface area contributed by atoms with Gasteiger partial charge in [-0.25, -0.2) is 18.1 Å². The summed E-state index contributed by atoms with van der Waals surface area (Å²) in [6.45, 7) is 3.90. The van der Waals surface area contributed by atoms with E-state index in [0.717, 1.165) is 24.3 Å². The van der Waals surface area contributed by atoms with E-state index in [1.807, 2.05) is 13.8 Å². The highest BCUT2D eigenvalue weighted by molar-refractivity contribution is 7.92. The van der Waals surface area contributed by atoms with Crippen LogP contribution >= 0.6 is 0 Å². The summed E-state index contributed by atoms with van der Waals surface area (Å²) in [5.74, 6) is -0.617. The average molecular weight is 412 g/mol. The molecule has 0 aliphatic carbocycles. The minimum atomic E-state index is -5.46. The Hall–Kier alpha value is -2.95. The summed E-state index contributed by atoms with van der Waals surface area (Å²) in [5, 5.41) is 7.49. The molecule has 0 unspecified atom stereocenters. The van der Waals surface area contributed by atoms with Crippen molar-refractivity contribution < 1.29 is 26.4 Å². The van der Waals surface area contributed by atoms with Crippen LogP contribution in [0.4, 0.5) is 18.9 Å². The summed E-state index contributed by atoms with van der Waals surface area (Å²) in [5.41, 5.74) is -4.39. The molecule has 0 saturated heterocycles. The Labute approximate surface area is 158 Å². The van der Waals surface area contributed by atoms with Crippen molar-refractivity contribution in [1.82, 2.24) is 14.8 Å². The third kappa shape index (κ3) is 3.57. The van der Waals surface area contributed by atoms with Gasteiger partial charge in [0.25, 0.3) is 15.7 Å². The highest BCUT2D eigenvalue weighted by Crippen LogP contribution is 2.30. The monoisotopic (exact) mass is 412 g/mol. The molecule has 11 heteroatoms. The molecule has 0 radical (unpaired) electrons. The SMILES string of the molecule is CC(C)n1ncc2cc(NC(=O)c3ccc(S(=O)(=O)C(F)(F)F)cc3)cnc21. The number of hydrogen-bond donors (Lipinski definition) is 1. The van der Waals surface area contributed by atoms with Gasteiger partial charge in [-0.3, -0.25) is 4.79 Å². The molecule has 0 spiro atoms. The average Bonchev–Trinajstić information content (AvgIpc) is 3.04. The zero-order valence-corrected chi connectivity index (χ0v) is 15.5. The number of carbonyl (C=O) groups is 1. The summed E-state index contributed by atoms with van der Waals surface area (Å²) >= 11 is 0. The predicted molar refractivity (Wildman–Crippen MR) is 95.5 cm³/mol. The molecule has 0 bridgehead atoms. The van der Waals surface area contributed by atoms with Gasteiger partial charge in [-0.2, -0.15) is 18.3 Å². The van der Waals surface area contributed by atoms with Crippen LogP contribution in [-0.2, 0) is 9.84 Å². The Bertz CT molecular complexity index is 1140. The maximum absolute atomic E-state index is 12.6. The second kappa shape index (κ2) is 6.89. The first-order chi connectivity index (χ1) is 13.0. The van der Waals surface area contributed by atoms with Crippen molar-refractivity contribution in [2.24, 2.45) is 0 Å². The molecule has 3 aromatic rings. The zero-order chi connectivity index (χ0) is 20.7. The molecule has 1 aromatic carbocycles. The van der Waals surface area contributed by atoms with Crippen molar-refractivity contribution in [1.29, 1.82) is 0 Å². The Kier molecular flexibility index (Phi) is 4.88. The van der Waals surface area contributed by atoms with Gasteiger partial charge in [-0.15, -0.1) is 0 Å². The first-order valence-corrected chi connectivity index (χ1v) is 9.55. The summed E-state index contributed by atoms with van der Waals surface area (Å²) in [4.78, 5) is 15.6. The summed E-state index contributed by atoms with van der Waals surface area (Å²) < 4.78 is 62.1. The van der Waals surface area contributed by atoms with Crippen molar-refractivity contribution in [2.75, 3.05) is 5.32 Å². The molecule has 0 fully saturated rings. The smallest absolute Gasteiger partial charge is 0.321 e. The third-order valence-corrected chi connectivity index (χ3v) is 5.41. The lowest BCUT2D eigenvalue weighted by atomic mass is 10.2. The molecule has 1 N–H and O–H groups in total. The fourth-order valence-corrected chi connectivity index (χ4v) is 3.27. The van der Waals surface area contributed by atoms with Gasteiger partial charge in [0.05, 0.1) is 23.0 Å². The molecule has 28 heavy (non-hydrogen) atoms. The number of anilines is 1. The fourth-order valence-electron chi connectivity index (χ4n) is 2.51. The first kappa shape index (κ1) is 19.8. The number of pyridine rings is 1. The largest absolute Gasteiger partial charge is 0.501 e. The second-order valence-corrected chi connectivity index (χ2v) is 8.19. The lowest BCUT2D eigenvalue weighted by Gasteiger charge is -2.09. The number of nitrogens with one attached hydrogen (secondary N) is 1. The molecule has 3 rings (SSSR count). The van der Waals surface area contributed by atoms with Crippen molar-refractivity contribution in [2.45, 2.75) is 30.3 Å². The number of amides is 1. The Morgan fingerprint density at radius 3 is 2.36 bits per heavy atom. The van der Waals surface area contributed by atoms with Crippen LogP contribution in [0.3, 0.4) is 0 Å². The molecule has 2 heterocycles. The van der Waals surface area contributed by atoms with Crippen LogP contribution in [0.1, 0.15) is 30.2 Å². The van der Waals surface area contributed by atoms with Crippen LogP contribution in [0.5, 0.6) is 0 Å². The number of nitrogens with zero attached hydrogens (tertiary/aromatic N) is 3. The Morgan fingerprint density at radius 2 is 1.79 bits per heavy atom. The minimum absolute atomic E-state index is 0.000836. The van der Waals surface area contributed by atoms with Gasteiger partial charge in [0, 0.05) is 17.0 Å². The number of hydrogen-bond acceptors (Lipinski definition) is 5. The molecule has 0 aliphatic heterocycles. The van der Waals surface area contributed by atoms with E-state index < -0.39 is 26.1 Å². The molecular formula is C17H15F3N4O3S. The Balaban J connectivity index is 1.81. The molecule has 0 saturated carbocycles. The topological polar surface area (TPSA) is 94.0 Å². The van der Waals surface area contributed by atoms with E-state index in [0.29, 0.717) is 16.7 Å². The quantitative estimate of drug-likeness (QED) is 0.707. The maximum atomic E-state index is 12.6. The van der Waals surface area contributed by atoms with E-state index in [9.17, 15) is 26.4 Å². The third-order valence-electron chi connectivity index (χ3n) is 3.91. The van der Waals surface area contributed by atoms with Crippen molar-refractivity contribution in [3.8, 4) is 0 Å². The lowest BCUT2D eigenvalue weighted by Crippen LogP contribution is -2.23. The Morgan fingerprint density at radius 1 is 1.14 bits per heavy atom. The maximum Gasteiger partial charge on any atom is 0.501 e. The summed E-state index contributed by atoms with van der Waals surface area (Å²) in [7, 11) is -5.46. The van der Waals surface area contributed by atoms with Gasteiger partial charge in [0.15, 0.2) is 5.65 Å². The van der Waals surface area contributed by atoms with Crippen LogP contribution in [0.25, 0.3) is 11.0 Å². The number of benzene rings is 1. The normalized spacial score (nSPS) is 12.5. The number of alkyl halides is 3. The highest BCUT2D eigenvalue weighted by Gasteiger charge is 2.46. The van der Waals surface area contributed by atoms with Crippen LogP contribution < -0.4 is 5.32 Å². The molecule has 7 nitrogen and oxygen atoms in total. The number of aromatic nitrogens is 3. The van der Waals surface area contributed by atoms with Gasteiger partial charge in [-0.05, 0) is 44.2 Å². The van der Waals surface area contributed by atoms with E-state index in [1.54, 1.807) is 16.9 Å². The van der Waals surface area contributed by atoms with Gasteiger partial charge >= 0.3 is 5.51 Å². The number of sulfone groups is 1. The van der Waals surface area contributed by atoms with Crippen LogP contribution in [0.2, 0.25) is 0 Å². The van der Waals surface area contributed by atoms with Crippen molar-refractivity contribution >= 4 is 32.5 Å². The zero-order valence-electron chi connectivity index (χ0n) is 14.7. The second-order valence-electron chi connectivity index (χ2n) is 6.25. The van der Waals surface area contributed by atoms with Crippen LogP contribution in [-0.4, -0.2) is 34.6 Å². The van der Waals surface area contributed by atoms with Crippen molar-refractivity contribution in [3.63, 3.8) is 0 Å². The van der Waals surface area contributed by atoms with Gasteiger partial charge < -0.3 is 5.32 Å². The van der Waals surface area contributed by atoms with Gasteiger partial charge in [0.2, 0.25) is 0 Å². The molecule has 148 valence electrons. The van der Waals surface area contributed by atoms with Gasteiger partial charge in [0.1, 0.15) is 0 Å². The number of halogens is 3. The van der Waals surface area contributed by atoms with E-state index in [1.165, 1.54) is 6.20 Å². The van der Waals surface area contributed by atoms with E-state index in [4.69, 9.17) is 0 Å². The van der Waals surface area contributed by atoms with Crippen LogP contribution in [0.15, 0.2) is 47.6 Å². The summed E-state index contributed by atoms with van der Waals surface area (Å²) in [6, 6.07) is 5.27. The number of carbonyl (C=O) groups excluding carboxylic acids is 1. The molecule has 2 aromatic heterocycles. The lowest BCUT2D eigenvalue weighted by molar-refractivity contribution is -0.0436. The number of rotatable bonds is 4. The highest BCUT2D eigenvalue weighted by atomic mass is 32.2. The summed E-state index contributed by atoms with van der Waals surface area (Å²) in [6.07, 6.45) is 3.04. The minimum Gasteiger partial charge on any atom is -0.321 e. The van der Waals surface area contributed by atoms with E-state index in [2.05, 4.69) is 15.4 Å². The molecule has 0 aliphatic rings. The van der Waals surface area contributed by atoms with E-state index in [-0.39, 0.29) is 11.6 Å². The van der Waals surface area contributed by atoms with Crippen molar-refractivity contribution in [3.05, 3.63) is 48.3 Å². The number of fused-ring (bicyclic) bond motifs is 1. The van der Waals surface area contributed by atoms with Gasteiger partial charge in [-0.1, -0.05) is 0 Å². The first-order valence-electron chi connectivity index (χ1n) is 8.07. The fraction of sp³-hybridized carbons (Fsp3) is 0.235. The standard InChI is InChI=1S/C17H15F3N4O3S/c1-10(2)24-15-12(8-22-24)7-13(9-21-15)23-16(25)11-3-5-14(6-4-11)28(26,27)17(18,19)20/h3-10H,1-2H3,(H,23,25).